The Morgan fingerprint density at radius 1 is 1.00 bits per heavy atom. The molecule has 2 aromatic carbocycles. The Hall–Kier alpha value is -2.55. The SMILES string of the molecule is O=C(NCc1ccccc1)c1nnc(CSc2nc(-c3ccccc3)cs2)s1. The molecule has 0 aliphatic carbocycles. The van der Waals surface area contributed by atoms with Gasteiger partial charge in [-0.1, -0.05) is 83.8 Å². The standard InChI is InChI=1S/C20H16N4OS3/c25-18(21-11-14-7-3-1-4-8-14)19-24-23-17(28-19)13-27-20-22-16(12-26-20)15-9-5-2-6-10-15/h1-10,12H,11,13H2,(H,21,25). The third-order valence-electron chi connectivity index (χ3n) is 3.83. The van der Waals surface area contributed by atoms with E-state index in [1.165, 1.54) is 11.3 Å². The van der Waals surface area contributed by atoms with E-state index in [-0.39, 0.29) is 5.91 Å². The van der Waals surface area contributed by atoms with Crippen LogP contribution in [0.5, 0.6) is 0 Å². The molecule has 1 amide bonds. The Labute approximate surface area is 174 Å². The maximum atomic E-state index is 12.2. The Morgan fingerprint density at radius 2 is 1.75 bits per heavy atom. The number of hydrogen-bond donors (Lipinski definition) is 1. The highest BCUT2D eigenvalue weighted by atomic mass is 32.2. The topological polar surface area (TPSA) is 67.8 Å². The van der Waals surface area contributed by atoms with E-state index in [9.17, 15) is 4.79 Å². The molecule has 0 atom stereocenters. The summed E-state index contributed by atoms with van der Waals surface area (Å²) >= 11 is 4.54. The Morgan fingerprint density at radius 3 is 2.54 bits per heavy atom. The fourth-order valence-electron chi connectivity index (χ4n) is 2.45. The van der Waals surface area contributed by atoms with Gasteiger partial charge in [-0.25, -0.2) is 4.98 Å². The molecule has 8 heteroatoms. The Bertz CT molecular complexity index is 1050. The zero-order valence-electron chi connectivity index (χ0n) is 14.7. The fraction of sp³-hybridized carbons (Fsp3) is 0.100. The lowest BCUT2D eigenvalue weighted by Gasteiger charge is -2.02. The highest BCUT2D eigenvalue weighted by Crippen LogP contribution is 2.30. The minimum atomic E-state index is -0.196. The van der Waals surface area contributed by atoms with Gasteiger partial charge in [0.05, 0.1) is 11.4 Å². The number of hydrogen-bond acceptors (Lipinski definition) is 7. The number of aromatic nitrogens is 3. The molecule has 2 aromatic heterocycles. The van der Waals surface area contributed by atoms with Crippen LogP contribution in [0.2, 0.25) is 0 Å². The molecule has 4 rings (SSSR count). The molecular weight excluding hydrogens is 408 g/mol. The summed E-state index contributed by atoms with van der Waals surface area (Å²) in [6.07, 6.45) is 0. The molecular formula is C20H16N4OS3. The maximum Gasteiger partial charge on any atom is 0.282 e. The summed E-state index contributed by atoms with van der Waals surface area (Å²) < 4.78 is 0.976. The van der Waals surface area contributed by atoms with Gasteiger partial charge in [0, 0.05) is 17.5 Å². The number of carbonyl (C=O) groups is 1. The minimum absolute atomic E-state index is 0.196. The quantitative estimate of drug-likeness (QED) is 0.428. The molecule has 0 bridgehead atoms. The summed E-state index contributed by atoms with van der Waals surface area (Å²) in [7, 11) is 0. The first-order valence-electron chi connectivity index (χ1n) is 8.56. The van der Waals surface area contributed by atoms with E-state index in [0.717, 1.165) is 26.2 Å². The number of benzene rings is 2. The van der Waals surface area contributed by atoms with Crippen LogP contribution in [0.3, 0.4) is 0 Å². The van der Waals surface area contributed by atoms with Gasteiger partial charge in [0.2, 0.25) is 5.01 Å². The first-order valence-corrected chi connectivity index (χ1v) is 11.2. The second-order valence-electron chi connectivity index (χ2n) is 5.82. The molecule has 0 saturated heterocycles. The van der Waals surface area contributed by atoms with Crippen molar-refractivity contribution in [2.75, 3.05) is 0 Å². The van der Waals surface area contributed by atoms with Crippen molar-refractivity contribution in [1.82, 2.24) is 20.5 Å². The second kappa shape index (κ2) is 9.09. The zero-order chi connectivity index (χ0) is 19.2. The lowest BCUT2D eigenvalue weighted by Crippen LogP contribution is -2.22. The number of thiazole rings is 1. The van der Waals surface area contributed by atoms with E-state index in [1.807, 2.05) is 48.5 Å². The highest BCUT2D eigenvalue weighted by Gasteiger charge is 2.13. The molecule has 1 N–H and O–H groups in total. The van der Waals surface area contributed by atoms with Crippen LogP contribution in [0.25, 0.3) is 11.3 Å². The van der Waals surface area contributed by atoms with Gasteiger partial charge in [-0.15, -0.1) is 21.5 Å². The Kier molecular flexibility index (Phi) is 6.11. The van der Waals surface area contributed by atoms with Gasteiger partial charge in [0.1, 0.15) is 5.01 Å². The molecule has 0 radical (unpaired) electrons. The van der Waals surface area contributed by atoms with Gasteiger partial charge in [0.25, 0.3) is 5.91 Å². The molecule has 0 aliphatic heterocycles. The van der Waals surface area contributed by atoms with Gasteiger partial charge >= 0.3 is 0 Å². The fourth-order valence-corrected chi connectivity index (χ4v) is 5.02. The second-order valence-corrected chi connectivity index (χ2v) is 8.97. The van der Waals surface area contributed by atoms with E-state index < -0.39 is 0 Å². The van der Waals surface area contributed by atoms with E-state index in [0.29, 0.717) is 17.3 Å². The zero-order valence-corrected chi connectivity index (χ0v) is 17.2. The average molecular weight is 425 g/mol. The van der Waals surface area contributed by atoms with E-state index in [2.05, 4.69) is 38.0 Å². The third-order valence-corrected chi connectivity index (χ3v) is 6.97. The van der Waals surface area contributed by atoms with E-state index in [4.69, 9.17) is 0 Å². The predicted molar refractivity (Wildman–Crippen MR) is 115 cm³/mol. The molecule has 28 heavy (non-hydrogen) atoms. The molecule has 2 heterocycles. The summed E-state index contributed by atoms with van der Waals surface area (Å²) in [5, 5.41) is 14.3. The molecule has 140 valence electrons. The van der Waals surface area contributed by atoms with E-state index in [1.54, 1.807) is 23.1 Å². The predicted octanol–water partition coefficient (Wildman–Crippen LogP) is 4.88. The monoisotopic (exact) mass is 424 g/mol. The lowest BCUT2D eigenvalue weighted by atomic mass is 10.2. The molecule has 0 spiro atoms. The van der Waals surface area contributed by atoms with Crippen LogP contribution in [0.4, 0.5) is 0 Å². The third kappa shape index (κ3) is 4.83. The van der Waals surface area contributed by atoms with Crippen LogP contribution < -0.4 is 5.32 Å². The van der Waals surface area contributed by atoms with E-state index >= 15 is 0 Å². The average Bonchev–Trinajstić information content (AvgIpc) is 3.42. The number of nitrogens with one attached hydrogen (secondary N) is 1. The van der Waals surface area contributed by atoms with Crippen LogP contribution in [0.1, 0.15) is 20.4 Å². The Balaban J connectivity index is 1.31. The number of thioether (sulfide) groups is 1. The first-order chi connectivity index (χ1) is 13.8. The van der Waals surface area contributed by atoms with Crippen molar-refractivity contribution < 1.29 is 4.79 Å². The normalized spacial score (nSPS) is 10.7. The van der Waals surface area contributed by atoms with Crippen LogP contribution >= 0.6 is 34.4 Å². The van der Waals surface area contributed by atoms with Crippen LogP contribution in [-0.2, 0) is 12.3 Å². The van der Waals surface area contributed by atoms with Crippen molar-refractivity contribution in [2.45, 2.75) is 16.6 Å². The summed E-state index contributed by atoms with van der Waals surface area (Å²) in [5.74, 6) is 0.448. The molecule has 5 nitrogen and oxygen atoms in total. The lowest BCUT2D eigenvalue weighted by molar-refractivity contribution is 0.0950. The molecule has 4 aromatic rings. The minimum Gasteiger partial charge on any atom is -0.346 e. The van der Waals surface area contributed by atoms with Gasteiger partial charge in [-0.3, -0.25) is 4.79 Å². The molecule has 0 saturated carbocycles. The van der Waals surface area contributed by atoms with Gasteiger partial charge in [-0.05, 0) is 5.56 Å². The smallest absolute Gasteiger partial charge is 0.282 e. The van der Waals surface area contributed by atoms with Crippen molar-refractivity contribution in [3.63, 3.8) is 0 Å². The van der Waals surface area contributed by atoms with Gasteiger partial charge in [-0.2, -0.15) is 0 Å². The molecule has 0 fully saturated rings. The molecule has 0 unspecified atom stereocenters. The van der Waals surface area contributed by atoms with Crippen molar-refractivity contribution in [2.24, 2.45) is 0 Å². The van der Waals surface area contributed by atoms with Crippen molar-refractivity contribution in [1.29, 1.82) is 0 Å². The summed E-state index contributed by atoms with van der Waals surface area (Å²) in [4.78, 5) is 16.9. The molecule has 0 aliphatic rings. The van der Waals surface area contributed by atoms with Crippen molar-refractivity contribution in [3.8, 4) is 11.3 Å². The van der Waals surface area contributed by atoms with Crippen LogP contribution in [0, 0.1) is 0 Å². The number of amides is 1. The van der Waals surface area contributed by atoms with Gasteiger partial charge < -0.3 is 5.32 Å². The number of nitrogens with zero attached hydrogens (tertiary/aromatic N) is 3. The van der Waals surface area contributed by atoms with Crippen molar-refractivity contribution >= 4 is 40.3 Å². The van der Waals surface area contributed by atoms with Crippen LogP contribution in [-0.4, -0.2) is 21.1 Å². The number of rotatable bonds is 7. The van der Waals surface area contributed by atoms with Crippen LogP contribution in [0.15, 0.2) is 70.4 Å². The van der Waals surface area contributed by atoms with Crippen molar-refractivity contribution in [3.05, 3.63) is 81.6 Å². The highest BCUT2D eigenvalue weighted by molar-refractivity contribution is 8.00. The summed E-state index contributed by atoms with van der Waals surface area (Å²) in [6.45, 7) is 0.477. The summed E-state index contributed by atoms with van der Waals surface area (Å²) in [6, 6.07) is 19.9. The largest absolute Gasteiger partial charge is 0.346 e. The maximum absolute atomic E-state index is 12.2. The van der Waals surface area contributed by atoms with Gasteiger partial charge in [0.15, 0.2) is 4.34 Å². The summed E-state index contributed by atoms with van der Waals surface area (Å²) in [5.41, 5.74) is 3.14. The first kappa shape index (κ1) is 18.8. The number of carbonyl (C=O) groups excluding carboxylic acids is 1.